The second-order valence-corrected chi connectivity index (χ2v) is 4.21. The topological polar surface area (TPSA) is 94.8 Å². The lowest BCUT2D eigenvalue weighted by Crippen LogP contribution is -1.82. The number of aliphatic hydroxyl groups is 1. The van der Waals surface area contributed by atoms with Gasteiger partial charge < -0.3 is 15.3 Å². The summed E-state index contributed by atoms with van der Waals surface area (Å²) in [6.45, 7) is 10.5. The molecular weight excluding hydrogens is 284 g/mol. The van der Waals surface area contributed by atoms with Crippen molar-refractivity contribution in [3.63, 3.8) is 0 Å². The summed E-state index contributed by atoms with van der Waals surface area (Å²) in [5.74, 6) is -1.96. The molecule has 5 heteroatoms. The van der Waals surface area contributed by atoms with Crippen LogP contribution in [0.2, 0.25) is 0 Å². The molecule has 0 unspecified atom stereocenters. The van der Waals surface area contributed by atoms with Gasteiger partial charge in [-0.05, 0) is 0 Å². The molecule has 0 bridgehead atoms. The Kier molecular flexibility index (Phi) is 41.1. The van der Waals surface area contributed by atoms with Crippen LogP contribution in [0.15, 0.2) is 25.3 Å². The maximum atomic E-state index is 9.25. The van der Waals surface area contributed by atoms with E-state index in [1.807, 2.05) is 0 Å². The van der Waals surface area contributed by atoms with Crippen molar-refractivity contribution in [3.8, 4) is 0 Å². The molecule has 0 rings (SSSR count). The Balaban J connectivity index is -0.000000114. The van der Waals surface area contributed by atoms with Crippen LogP contribution in [-0.2, 0) is 9.59 Å². The van der Waals surface area contributed by atoms with Crippen molar-refractivity contribution in [1.82, 2.24) is 0 Å². The number of carbonyl (C=O) groups is 2. The monoisotopic (exact) mass is 318 g/mol. The second-order valence-electron chi connectivity index (χ2n) is 4.21. The van der Waals surface area contributed by atoms with Crippen LogP contribution in [0, 0.1) is 0 Å². The average molecular weight is 318 g/mol. The van der Waals surface area contributed by atoms with Crippen LogP contribution in [0.4, 0.5) is 0 Å². The number of hydrogen-bond donors (Lipinski definition) is 3. The Morgan fingerprint density at radius 1 is 0.727 bits per heavy atom. The summed E-state index contributed by atoms with van der Waals surface area (Å²) in [7, 11) is 1.00. The van der Waals surface area contributed by atoms with Gasteiger partial charge in [-0.15, -0.1) is 0 Å². The zero-order chi connectivity index (χ0) is 18.2. The smallest absolute Gasteiger partial charge is 0.327 e. The van der Waals surface area contributed by atoms with Gasteiger partial charge in [-0.2, -0.15) is 0 Å². The van der Waals surface area contributed by atoms with Crippen molar-refractivity contribution in [2.45, 2.75) is 65.2 Å². The summed E-state index contributed by atoms with van der Waals surface area (Å²) in [4.78, 5) is 18.5. The van der Waals surface area contributed by atoms with Crippen LogP contribution < -0.4 is 0 Å². The summed E-state index contributed by atoms with van der Waals surface area (Å²) >= 11 is 0. The zero-order valence-corrected chi connectivity index (χ0v) is 14.4. The van der Waals surface area contributed by atoms with Crippen molar-refractivity contribution in [2.24, 2.45) is 0 Å². The Labute approximate surface area is 135 Å². The maximum Gasteiger partial charge on any atom is 0.327 e. The molecule has 0 radical (unpaired) electrons. The van der Waals surface area contributed by atoms with Gasteiger partial charge in [-0.3, -0.25) is 0 Å². The predicted octanol–water partition coefficient (Wildman–Crippen LogP) is 4.27. The molecule has 0 aliphatic carbocycles. The molecule has 0 saturated heterocycles. The first kappa shape index (κ1) is 28.5. The largest absolute Gasteiger partial charge is 0.478 e. The van der Waals surface area contributed by atoms with Gasteiger partial charge in [0.2, 0.25) is 0 Å². The molecular formula is C17H34O5. The molecule has 0 heterocycles. The fourth-order valence-corrected chi connectivity index (χ4v) is 1.21. The van der Waals surface area contributed by atoms with Gasteiger partial charge in [-0.25, -0.2) is 9.59 Å². The first-order valence-corrected chi connectivity index (χ1v) is 7.61. The quantitative estimate of drug-likeness (QED) is 0.436. The van der Waals surface area contributed by atoms with E-state index in [9.17, 15) is 9.59 Å². The van der Waals surface area contributed by atoms with Crippen LogP contribution in [0.1, 0.15) is 65.2 Å². The molecule has 132 valence electrons. The van der Waals surface area contributed by atoms with Crippen molar-refractivity contribution in [2.75, 3.05) is 7.11 Å². The highest BCUT2D eigenvalue weighted by Crippen LogP contribution is 2.07. The van der Waals surface area contributed by atoms with Gasteiger partial charge >= 0.3 is 11.9 Å². The SMILES string of the molecule is C=CC(=O)O.C=CC(=O)O.CCCCCCCCCC.CO. The summed E-state index contributed by atoms with van der Waals surface area (Å²) in [5, 5.41) is 22.2. The molecule has 22 heavy (non-hydrogen) atoms. The number of aliphatic carboxylic acids is 2. The van der Waals surface area contributed by atoms with Crippen LogP contribution in [-0.4, -0.2) is 34.4 Å². The van der Waals surface area contributed by atoms with Crippen molar-refractivity contribution in [1.29, 1.82) is 0 Å². The molecule has 0 fully saturated rings. The Morgan fingerprint density at radius 2 is 0.909 bits per heavy atom. The standard InChI is InChI=1S/C10H22.2C3H4O2.CH4O/c1-3-5-7-9-10-8-6-4-2;2*1-2-3(4)5;1-2/h3-10H2,1-2H3;2*2H,1H2,(H,4,5);2H,1H3. The lowest BCUT2D eigenvalue weighted by molar-refractivity contribution is -0.132. The minimum Gasteiger partial charge on any atom is -0.478 e. The third-order valence-electron chi connectivity index (χ3n) is 2.31. The highest BCUT2D eigenvalue weighted by molar-refractivity contribution is 5.79. The number of aliphatic hydroxyl groups excluding tert-OH is 1. The van der Waals surface area contributed by atoms with Gasteiger partial charge in [0, 0.05) is 19.3 Å². The predicted molar refractivity (Wildman–Crippen MR) is 92.1 cm³/mol. The van der Waals surface area contributed by atoms with Crippen LogP contribution in [0.25, 0.3) is 0 Å². The third kappa shape index (κ3) is 63.1. The Bertz CT molecular complexity index is 223. The van der Waals surface area contributed by atoms with Crippen molar-refractivity contribution < 1.29 is 24.9 Å². The van der Waals surface area contributed by atoms with E-state index in [1.165, 1.54) is 51.4 Å². The molecule has 0 saturated carbocycles. The van der Waals surface area contributed by atoms with Crippen LogP contribution in [0.3, 0.4) is 0 Å². The lowest BCUT2D eigenvalue weighted by Gasteiger charge is -1.97. The minimum atomic E-state index is -0.981. The van der Waals surface area contributed by atoms with Gasteiger partial charge in [0.05, 0.1) is 0 Å². The van der Waals surface area contributed by atoms with Gasteiger partial charge in [0.25, 0.3) is 0 Å². The fraction of sp³-hybridized carbons (Fsp3) is 0.647. The van der Waals surface area contributed by atoms with E-state index in [1.54, 1.807) is 0 Å². The molecule has 0 atom stereocenters. The van der Waals surface area contributed by atoms with E-state index >= 15 is 0 Å². The van der Waals surface area contributed by atoms with Crippen LogP contribution in [0.5, 0.6) is 0 Å². The second kappa shape index (κ2) is 31.7. The molecule has 0 aliphatic rings. The van der Waals surface area contributed by atoms with E-state index in [2.05, 4.69) is 27.0 Å². The molecule has 0 aliphatic heterocycles. The number of rotatable bonds is 9. The molecule has 0 aromatic carbocycles. The summed E-state index contributed by atoms with van der Waals surface area (Å²) in [5.41, 5.74) is 0. The van der Waals surface area contributed by atoms with Gasteiger partial charge in [0.1, 0.15) is 0 Å². The number of hydrogen-bond acceptors (Lipinski definition) is 3. The molecule has 3 N–H and O–H groups in total. The van der Waals surface area contributed by atoms with Crippen molar-refractivity contribution in [3.05, 3.63) is 25.3 Å². The fourth-order valence-electron chi connectivity index (χ4n) is 1.21. The molecule has 0 aromatic heterocycles. The molecule has 0 amide bonds. The van der Waals surface area contributed by atoms with E-state index < -0.39 is 11.9 Å². The highest BCUT2D eigenvalue weighted by atomic mass is 16.4. The number of carboxylic acids is 2. The lowest BCUT2D eigenvalue weighted by atomic mass is 10.1. The molecule has 0 spiro atoms. The summed E-state index contributed by atoms with van der Waals surface area (Å²) < 4.78 is 0. The zero-order valence-electron chi connectivity index (χ0n) is 14.4. The van der Waals surface area contributed by atoms with Crippen LogP contribution >= 0.6 is 0 Å². The summed E-state index contributed by atoms with van der Waals surface area (Å²) in [6.07, 6.45) is 13.1. The normalized spacial score (nSPS) is 7.82. The Hall–Kier alpha value is -1.62. The Morgan fingerprint density at radius 3 is 1.05 bits per heavy atom. The van der Waals surface area contributed by atoms with Gasteiger partial charge in [-0.1, -0.05) is 78.4 Å². The van der Waals surface area contributed by atoms with E-state index in [0.717, 1.165) is 19.3 Å². The van der Waals surface area contributed by atoms with Gasteiger partial charge in [0.15, 0.2) is 0 Å². The average Bonchev–Trinajstić information content (AvgIpc) is 2.53. The minimum absolute atomic E-state index is 0.833. The maximum absolute atomic E-state index is 9.25. The van der Waals surface area contributed by atoms with E-state index in [0.29, 0.717) is 0 Å². The number of unbranched alkanes of at least 4 members (excludes halogenated alkanes) is 7. The summed E-state index contributed by atoms with van der Waals surface area (Å²) in [6, 6.07) is 0. The number of carboxylic acid groups (broad SMARTS) is 2. The highest BCUT2D eigenvalue weighted by Gasteiger charge is 1.87. The molecule has 5 nitrogen and oxygen atoms in total. The van der Waals surface area contributed by atoms with Crippen molar-refractivity contribution >= 4 is 11.9 Å². The first-order chi connectivity index (χ1) is 10.5. The third-order valence-corrected chi connectivity index (χ3v) is 2.31. The van der Waals surface area contributed by atoms with E-state index in [-0.39, 0.29) is 0 Å². The first-order valence-electron chi connectivity index (χ1n) is 7.61. The van der Waals surface area contributed by atoms with E-state index in [4.69, 9.17) is 15.3 Å². The molecule has 0 aromatic rings.